The lowest BCUT2D eigenvalue weighted by atomic mass is 9.90. The first-order valence-corrected chi connectivity index (χ1v) is 9.96. The van der Waals surface area contributed by atoms with Crippen molar-refractivity contribution in [3.8, 4) is 5.75 Å². The van der Waals surface area contributed by atoms with Crippen LogP contribution in [-0.4, -0.2) is 45.5 Å². The maximum absolute atomic E-state index is 14.0. The molecule has 2 aromatic rings. The summed E-state index contributed by atoms with van der Waals surface area (Å²) in [6, 6.07) is 3.05. The number of rotatable bonds is 4. The third-order valence-electron chi connectivity index (χ3n) is 4.58. The average Bonchev–Trinajstić information content (AvgIpc) is 3.05. The van der Waals surface area contributed by atoms with Crippen molar-refractivity contribution in [2.24, 2.45) is 13.0 Å². The van der Waals surface area contributed by atoms with E-state index in [2.05, 4.69) is 31.1 Å². The Labute approximate surface area is 187 Å². The summed E-state index contributed by atoms with van der Waals surface area (Å²) >= 11 is 15.0. The lowest BCUT2D eigenvalue weighted by Crippen LogP contribution is -2.32. The molecule has 6 nitrogen and oxygen atoms in total. The van der Waals surface area contributed by atoms with Gasteiger partial charge in [-0.2, -0.15) is 5.10 Å². The van der Waals surface area contributed by atoms with Crippen molar-refractivity contribution in [2.75, 3.05) is 18.9 Å². The van der Waals surface area contributed by atoms with Crippen molar-refractivity contribution in [3.63, 3.8) is 0 Å². The number of aryl methyl sites for hydroxylation is 1. The van der Waals surface area contributed by atoms with Gasteiger partial charge in [0.25, 0.3) is 0 Å². The number of hydrogen-bond donors (Lipinski definition) is 1. The van der Waals surface area contributed by atoms with E-state index in [-0.39, 0.29) is 10.1 Å². The van der Waals surface area contributed by atoms with Gasteiger partial charge in [-0.1, -0.05) is 29.9 Å². The lowest BCUT2D eigenvalue weighted by molar-refractivity contribution is -0.275. The summed E-state index contributed by atoms with van der Waals surface area (Å²) in [5.74, 6) is -4.61. The number of halogens is 6. The number of alkyl halides is 3. The Balaban J connectivity index is 1.96. The van der Waals surface area contributed by atoms with Gasteiger partial charge in [0, 0.05) is 32.1 Å². The average molecular weight is 530 g/mol. The second-order valence-electron chi connectivity index (χ2n) is 6.58. The second kappa shape index (κ2) is 8.31. The summed E-state index contributed by atoms with van der Waals surface area (Å²) in [5.41, 5.74) is 0.0711. The van der Waals surface area contributed by atoms with Gasteiger partial charge in [-0.3, -0.25) is 9.48 Å². The Morgan fingerprint density at radius 3 is 2.63 bits per heavy atom. The molecule has 1 N–H and O–H groups in total. The number of thiocarbonyl (C=S) groups is 1. The molecule has 0 unspecified atom stereocenters. The molecule has 13 heteroatoms. The number of amides is 1. The monoisotopic (exact) mass is 528 g/mol. The minimum atomic E-state index is -5.14. The highest BCUT2D eigenvalue weighted by molar-refractivity contribution is 9.10. The third kappa shape index (κ3) is 4.40. The number of anilines is 1. The minimum absolute atomic E-state index is 0.263. The van der Waals surface area contributed by atoms with Gasteiger partial charge in [-0.25, -0.2) is 4.39 Å². The first-order valence-electron chi connectivity index (χ1n) is 8.38. The molecule has 0 bridgehead atoms. The largest absolute Gasteiger partial charge is 0.573 e. The predicted octanol–water partition coefficient (Wildman–Crippen LogP) is 4.49. The smallest absolute Gasteiger partial charge is 0.400 e. The quantitative estimate of drug-likeness (QED) is 0.467. The summed E-state index contributed by atoms with van der Waals surface area (Å²) in [7, 11) is 3.30. The van der Waals surface area contributed by atoms with Crippen molar-refractivity contribution in [1.82, 2.24) is 14.7 Å². The van der Waals surface area contributed by atoms with Gasteiger partial charge >= 0.3 is 6.36 Å². The van der Waals surface area contributed by atoms with E-state index >= 15 is 0 Å². The Kier molecular flexibility index (Phi) is 6.30. The number of hydrogen-bond acceptors (Lipinski definition) is 4. The summed E-state index contributed by atoms with van der Waals surface area (Å²) in [6.07, 6.45) is -5.14. The molecule has 1 aromatic carbocycles. The molecule has 30 heavy (non-hydrogen) atoms. The van der Waals surface area contributed by atoms with Crippen LogP contribution in [0.5, 0.6) is 5.75 Å². The van der Waals surface area contributed by atoms with E-state index in [1.54, 1.807) is 19.0 Å². The first kappa shape index (κ1) is 22.8. The number of para-hydroxylation sites is 1. The Bertz CT molecular complexity index is 1020. The van der Waals surface area contributed by atoms with Gasteiger partial charge in [0.1, 0.15) is 9.76 Å². The highest BCUT2D eigenvalue weighted by Crippen LogP contribution is 2.42. The molecule has 1 saturated heterocycles. The highest BCUT2D eigenvalue weighted by Gasteiger charge is 2.44. The van der Waals surface area contributed by atoms with E-state index in [1.165, 1.54) is 4.68 Å². The molecule has 0 saturated carbocycles. The fourth-order valence-electron chi connectivity index (χ4n) is 3.28. The van der Waals surface area contributed by atoms with E-state index in [9.17, 15) is 22.4 Å². The number of likely N-dealkylation sites (tertiary alicyclic amines) is 1. The molecule has 0 aliphatic carbocycles. The SMILES string of the molecule is CN1C[C@H](c2c(Br)nn(C)c2Cl)[C@@H](C(=O)Nc2cccc(F)c2OC(F)(F)F)C1=S. The van der Waals surface area contributed by atoms with E-state index in [1.807, 2.05) is 0 Å². The van der Waals surface area contributed by atoms with Gasteiger partial charge in [-0.05, 0) is 28.1 Å². The number of aromatic nitrogens is 2. The molecule has 1 aliphatic heterocycles. The van der Waals surface area contributed by atoms with Crippen LogP contribution in [0, 0.1) is 11.7 Å². The number of nitrogens with one attached hydrogen (secondary N) is 1. The number of carbonyl (C=O) groups excluding carboxylic acids is 1. The zero-order valence-electron chi connectivity index (χ0n) is 15.4. The molecule has 2 heterocycles. The van der Waals surface area contributed by atoms with E-state index in [0.29, 0.717) is 16.7 Å². The number of ether oxygens (including phenoxy) is 1. The van der Waals surface area contributed by atoms with Crippen LogP contribution in [0.3, 0.4) is 0 Å². The maximum atomic E-state index is 14.0. The van der Waals surface area contributed by atoms with Gasteiger partial charge in [0.2, 0.25) is 5.91 Å². The first-order chi connectivity index (χ1) is 13.9. The summed E-state index contributed by atoms with van der Waals surface area (Å²) in [4.78, 5) is 15.0. The topological polar surface area (TPSA) is 59.4 Å². The molecule has 1 amide bonds. The molecular weight excluding hydrogens is 516 g/mol. The van der Waals surface area contributed by atoms with E-state index < -0.39 is 41.4 Å². The van der Waals surface area contributed by atoms with Gasteiger partial charge in [-0.15, -0.1) is 13.2 Å². The van der Waals surface area contributed by atoms with Crippen molar-refractivity contribution in [1.29, 1.82) is 0 Å². The highest BCUT2D eigenvalue weighted by atomic mass is 79.9. The van der Waals surface area contributed by atoms with Crippen molar-refractivity contribution >= 4 is 56.3 Å². The van der Waals surface area contributed by atoms with Crippen molar-refractivity contribution in [3.05, 3.63) is 39.3 Å². The molecule has 162 valence electrons. The van der Waals surface area contributed by atoms with Crippen LogP contribution in [0.15, 0.2) is 22.8 Å². The van der Waals surface area contributed by atoms with Gasteiger partial charge < -0.3 is 15.0 Å². The van der Waals surface area contributed by atoms with Crippen LogP contribution in [0.25, 0.3) is 0 Å². The Morgan fingerprint density at radius 1 is 1.40 bits per heavy atom. The fraction of sp³-hybridized carbons (Fsp3) is 0.353. The van der Waals surface area contributed by atoms with Crippen molar-refractivity contribution in [2.45, 2.75) is 12.3 Å². The number of likely N-dealkylation sites (N-methyl/N-ethyl adjacent to an activating group) is 1. The maximum Gasteiger partial charge on any atom is 0.573 e. The molecule has 1 aliphatic rings. The summed E-state index contributed by atoms with van der Waals surface area (Å²) < 4.78 is 57.5. The second-order valence-corrected chi connectivity index (χ2v) is 8.10. The molecule has 0 spiro atoms. The number of benzene rings is 1. The van der Waals surface area contributed by atoms with E-state index in [0.717, 1.165) is 18.2 Å². The van der Waals surface area contributed by atoms with Crippen LogP contribution in [0.4, 0.5) is 23.2 Å². The molecule has 1 fully saturated rings. The van der Waals surface area contributed by atoms with Crippen LogP contribution >= 0.6 is 39.7 Å². The predicted molar refractivity (Wildman–Crippen MR) is 109 cm³/mol. The fourth-order valence-corrected chi connectivity index (χ4v) is 4.73. The molecule has 0 radical (unpaired) electrons. The zero-order chi connectivity index (χ0) is 22.4. The normalized spacial score (nSPS) is 19.3. The zero-order valence-corrected chi connectivity index (χ0v) is 18.6. The van der Waals surface area contributed by atoms with Crippen LogP contribution in [0.1, 0.15) is 11.5 Å². The lowest BCUT2D eigenvalue weighted by Gasteiger charge is -2.20. The molecular formula is C17H14BrClF4N4O2S. The molecule has 2 atom stereocenters. The summed E-state index contributed by atoms with van der Waals surface area (Å²) in [6.45, 7) is 0.329. The Morgan fingerprint density at radius 2 is 2.07 bits per heavy atom. The van der Waals surface area contributed by atoms with Gasteiger partial charge in [0.15, 0.2) is 11.6 Å². The minimum Gasteiger partial charge on any atom is -0.400 e. The standard InChI is InChI=1S/C17H14BrClF4N4O2S/c1-26-6-7(10-13(18)25-27(2)14(10)19)11(16(26)30)15(28)24-9-5-3-4-8(20)12(9)29-17(21,22)23/h3-5,7,11H,6H2,1-2H3,(H,24,28)/t7-,11+/m1/s1. The van der Waals surface area contributed by atoms with Crippen LogP contribution < -0.4 is 10.1 Å². The molecule has 3 rings (SSSR count). The Hall–Kier alpha value is -1.92. The van der Waals surface area contributed by atoms with Gasteiger partial charge in [0.05, 0.1) is 16.6 Å². The van der Waals surface area contributed by atoms with Crippen LogP contribution in [0.2, 0.25) is 5.15 Å². The van der Waals surface area contributed by atoms with E-state index in [4.69, 9.17) is 23.8 Å². The summed E-state index contributed by atoms with van der Waals surface area (Å²) in [5, 5.41) is 6.76. The van der Waals surface area contributed by atoms with Crippen molar-refractivity contribution < 1.29 is 27.1 Å². The molecule has 1 aromatic heterocycles. The number of nitrogens with zero attached hydrogens (tertiary/aromatic N) is 3. The number of carbonyl (C=O) groups is 1. The van der Waals surface area contributed by atoms with Crippen LogP contribution in [-0.2, 0) is 11.8 Å². The third-order valence-corrected chi connectivity index (χ3v) is 6.18.